The molecule has 19 heavy (non-hydrogen) atoms. The molecular formula is C13H16N4O2. The minimum atomic E-state index is -0.292. The van der Waals surface area contributed by atoms with Crippen molar-refractivity contribution >= 4 is 11.6 Å². The van der Waals surface area contributed by atoms with Gasteiger partial charge in [-0.15, -0.1) is 0 Å². The van der Waals surface area contributed by atoms with E-state index >= 15 is 0 Å². The molecule has 0 unspecified atom stereocenters. The number of ether oxygens (including phenoxy) is 1. The quantitative estimate of drug-likeness (QED) is 0.770. The summed E-state index contributed by atoms with van der Waals surface area (Å²) < 4.78 is 7.06. The van der Waals surface area contributed by atoms with Crippen LogP contribution in [0, 0.1) is 0 Å². The van der Waals surface area contributed by atoms with Gasteiger partial charge in [0.1, 0.15) is 0 Å². The second kappa shape index (κ2) is 4.89. The monoisotopic (exact) mass is 260 g/mol. The van der Waals surface area contributed by atoms with Crippen molar-refractivity contribution in [1.82, 2.24) is 19.4 Å². The molecule has 0 saturated carbocycles. The van der Waals surface area contributed by atoms with Crippen LogP contribution >= 0.6 is 0 Å². The summed E-state index contributed by atoms with van der Waals surface area (Å²) in [6.45, 7) is 3.18. The van der Waals surface area contributed by atoms with Gasteiger partial charge < -0.3 is 14.5 Å². The summed E-state index contributed by atoms with van der Waals surface area (Å²) in [6, 6.07) is 5.55. The van der Waals surface area contributed by atoms with Crippen LogP contribution in [0.25, 0.3) is 5.52 Å². The Kier molecular flexibility index (Phi) is 3.08. The first-order valence-electron chi connectivity index (χ1n) is 6.31. The first kappa shape index (κ1) is 12.0. The Balaban J connectivity index is 1.68. The van der Waals surface area contributed by atoms with Crippen molar-refractivity contribution in [2.45, 2.75) is 0 Å². The van der Waals surface area contributed by atoms with Crippen LogP contribution in [0.2, 0.25) is 0 Å². The maximum absolute atomic E-state index is 12.0. The van der Waals surface area contributed by atoms with E-state index in [2.05, 4.69) is 10.00 Å². The van der Waals surface area contributed by atoms with Gasteiger partial charge in [0.25, 0.3) is 0 Å². The lowest BCUT2D eigenvalue weighted by molar-refractivity contribution is 0.120. The van der Waals surface area contributed by atoms with Crippen molar-refractivity contribution in [3.05, 3.63) is 30.6 Å². The molecule has 1 amide bonds. The first-order chi connectivity index (χ1) is 9.22. The Morgan fingerprint density at radius 2 is 2.00 bits per heavy atom. The fourth-order valence-electron chi connectivity index (χ4n) is 2.11. The van der Waals surface area contributed by atoms with Crippen molar-refractivity contribution in [2.24, 2.45) is 0 Å². The van der Waals surface area contributed by atoms with Crippen LogP contribution in [0.15, 0.2) is 30.6 Å². The minimum Gasteiger partial charge on any atom is -0.409 e. The molecule has 2 aromatic heterocycles. The highest BCUT2D eigenvalue weighted by Gasteiger charge is 2.20. The summed E-state index contributed by atoms with van der Waals surface area (Å²) in [5.41, 5.74) is 0.972. The number of pyridine rings is 1. The second-order valence-corrected chi connectivity index (χ2v) is 4.72. The fraction of sp³-hybridized carbons (Fsp3) is 0.385. The van der Waals surface area contributed by atoms with Gasteiger partial charge in [-0.25, -0.2) is 9.31 Å². The van der Waals surface area contributed by atoms with Gasteiger partial charge in [-0.05, 0) is 25.2 Å². The van der Waals surface area contributed by atoms with Gasteiger partial charge in [0.05, 0.1) is 11.7 Å². The number of fused-ring (bicyclic) bond motifs is 1. The van der Waals surface area contributed by atoms with Crippen molar-refractivity contribution in [3.63, 3.8) is 0 Å². The maximum atomic E-state index is 12.0. The van der Waals surface area contributed by atoms with Gasteiger partial charge >= 0.3 is 6.09 Å². The van der Waals surface area contributed by atoms with Gasteiger partial charge in [-0.2, -0.15) is 5.10 Å². The lowest BCUT2D eigenvalue weighted by Crippen LogP contribution is -2.48. The summed E-state index contributed by atoms with van der Waals surface area (Å²) in [6.07, 6.45) is 3.13. The Hall–Kier alpha value is -2.08. The van der Waals surface area contributed by atoms with Gasteiger partial charge in [-0.3, -0.25) is 0 Å². The molecule has 0 aliphatic carbocycles. The molecule has 6 heteroatoms. The Morgan fingerprint density at radius 1 is 1.21 bits per heavy atom. The van der Waals surface area contributed by atoms with Crippen molar-refractivity contribution < 1.29 is 9.53 Å². The highest BCUT2D eigenvalue weighted by atomic mass is 16.6. The van der Waals surface area contributed by atoms with E-state index in [9.17, 15) is 4.79 Å². The number of likely N-dealkylation sites (N-methyl/N-ethyl adjacent to an activating group) is 1. The van der Waals surface area contributed by atoms with Gasteiger partial charge in [0, 0.05) is 32.4 Å². The smallest absolute Gasteiger partial charge is 0.409 e. The van der Waals surface area contributed by atoms with E-state index < -0.39 is 0 Å². The minimum absolute atomic E-state index is 0.292. The third-order valence-corrected chi connectivity index (χ3v) is 3.34. The number of nitrogens with zero attached hydrogens (tertiary/aromatic N) is 4. The summed E-state index contributed by atoms with van der Waals surface area (Å²) in [5.74, 6) is 0.514. The lowest BCUT2D eigenvalue weighted by atomic mass is 10.3. The molecule has 0 N–H and O–H groups in total. The van der Waals surface area contributed by atoms with Gasteiger partial charge in [-0.1, -0.05) is 0 Å². The zero-order valence-corrected chi connectivity index (χ0v) is 10.8. The number of hydrogen-bond donors (Lipinski definition) is 0. The van der Waals surface area contributed by atoms with Crippen LogP contribution in [0.4, 0.5) is 4.79 Å². The average molecular weight is 260 g/mol. The molecule has 3 heterocycles. The van der Waals surface area contributed by atoms with E-state index in [-0.39, 0.29) is 6.09 Å². The summed E-state index contributed by atoms with van der Waals surface area (Å²) in [7, 11) is 2.05. The standard InChI is InChI=1S/C13H16N4O2/c1-15-6-8-16(9-7-15)13(18)19-12-3-2-11-4-5-14-17(11)10-12/h2-5,10H,6-9H2,1H3. The van der Waals surface area contributed by atoms with Crippen LogP contribution in [0.5, 0.6) is 5.75 Å². The molecule has 0 radical (unpaired) electrons. The molecule has 2 aromatic rings. The Labute approximate surface area is 111 Å². The molecule has 1 fully saturated rings. The molecule has 0 aromatic carbocycles. The summed E-state index contributed by atoms with van der Waals surface area (Å²) in [4.78, 5) is 15.9. The number of amides is 1. The van der Waals surface area contributed by atoms with Crippen molar-refractivity contribution in [3.8, 4) is 5.75 Å². The van der Waals surface area contributed by atoms with E-state index in [1.54, 1.807) is 27.9 Å². The second-order valence-electron chi connectivity index (χ2n) is 4.72. The molecule has 1 saturated heterocycles. The molecule has 3 rings (SSSR count). The van der Waals surface area contributed by atoms with Crippen LogP contribution in [-0.4, -0.2) is 58.7 Å². The van der Waals surface area contributed by atoms with Crippen molar-refractivity contribution in [2.75, 3.05) is 33.2 Å². The Bertz CT molecular complexity index is 587. The SMILES string of the molecule is CN1CCN(C(=O)Oc2ccc3ccnn3c2)CC1. The molecule has 0 spiro atoms. The molecule has 1 aliphatic heterocycles. The van der Waals surface area contributed by atoms with E-state index in [0.29, 0.717) is 18.8 Å². The number of aromatic nitrogens is 2. The zero-order chi connectivity index (χ0) is 13.2. The van der Waals surface area contributed by atoms with Crippen molar-refractivity contribution in [1.29, 1.82) is 0 Å². The first-order valence-corrected chi connectivity index (χ1v) is 6.31. The topological polar surface area (TPSA) is 50.1 Å². The van der Waals surface area contributed by atoms with Gasteiger partial charge in [0.2, 0.25) is 0 Å². The zero-order valence-electron chi connectivity index (χ0n) is 10.8. The summed E-state index contributed by atoms with van der Waals surface area (Å²) >= 11 is 0. The van der Waals surface area contributed by atoms with Crippen LogP contribution < -0.4 is 4.74 Å². The molecule has 100 valence electrons. The average Bonchev–Trinajstić information content (AvgIpc) is 2.87. The molecule has 6 nitrogen and oxygen atoms in total. The lowest BCUT2D eigenvalue weighted by Gasteiger charge is -2.31. The van der Waals surface area contributed by atoms with E-state index in [1.165, 1.54) is 0 Å². The third kappa shape index (κ3) is 2.53. The normalized spacial score (nSPS) is 16.8. The highest BCUT2D eigenvalue weighted by Crippen LogP contribution is 2.14. The van der Waals surface area contributed by atoms with Crippen LogP contribution in [0.1, 0.15) is 0 Å². The number of carbonyl (C=O) groups excluding carboxylic acids is 1. The number of hydrogen-bond acceptors (Lipinski definition) is 4. The highest BCUT2D eigenvalue weighted by molar-refractivity contribution is 5.71. The van der Waals surface area contributed by atoms with E-state index in [1.807, 2.05) is 19.2 Å². The van der Waals surface area contributed by atoms with Gasteiger partial charge in [0.15, 0.2) is 5.75 Å². The maximum Gasteiger partial charge on any atom is 0.415 e. The van der Waals surface area contributed by atoms with Crippen LogP contribution in [0.3, 0.4) is 0 Å². The summed E-state index contributed by atoms with van der Waals surface area (Å²) in [5, 5.41) is 4.11. The third-order valence-electron chi connectivity index (χ3n) is 3.34. The molecule has 1 aliphatic rings. The molecule has 0 atom stereocenters. The predicted molar refractivity (Wildman–Crippen MR) is 70.3 cm³/mol. The van der Waals surface area contributed by atoms with E-state index in [4.69, 9.17) is 4.74 Å². The molecular weight excluding hydrogens is 244 g/mol. The number of rotatable bonds is 1. The fourth-order valence-corrected chi connectivity index (χ4v) is 2.11. The Morgan fingerprint density at radius 3 is 2.79 bits per heavy atom. The largest absolute Gasteiger partial charge is 0.415 e. The van der Waals surface area contributed by atoms with E-state index in [0.717, 1.165) is 18.6 Å². The van der Waals surface area contributed by atoms with Crippen LogP contribution in [-0.2, 0) is 0 Å². The molecule has 0 bridgehead atoms. The predicted octanol–water partition coefficient (Wildman–Crippen LogP) is 1.08. The number of carbonyl (C=O) groups is 1. The number of piperazine rings is 1.